The summed E-state index contributed by atoms with van der Waals surface area (Å²) in [6.07, 6.45) is -5.52. The Hall–Kier alpha value is -2.25. The van der Waals surface area contributed by atoms with Crippen LogP contribution in [0.4, 0.5) is 23.7 Å². The fourth-order valence-corrected chi connectivity index (χ4v) is 1.33. The molecule has 8 heteroatoms. The largest absolute Gasteiger partial charge is 0.573 e. The summed E-state index contributed by atoms with van der Waals surface area (Å²) in [6, 6.07) is 4.26. The van der Waals surface area contributed by atoms with Gasteiger partial charge in [0.15, 0.2) is 0 Å². The topological polar surface area (TPSA) is 55.8 Å². The molecule has 0 saturated carbocycles. The van der Waals surface area contributed by atoms with Crippen molar-refractivity contribution in [1.82, 2.24) is 0 Å². The molecule has 0 aliphatic carbocycles. The normalized spacial score (nSPS) is 11.7. The molecule has 21 heavy (non-hydrogen) atoms. The zero-order valence-electron chi connectivity index (χ0n) is 11.6. The van der Waals surface area contributed by atoms with Crippen LogP contribution in [0.15, 0.2) is 24.3 Å². The minimum Gasteiger partial charge on any atom is -0.443 e. The Kier molecular flexibility index (Phi) is 4.82. The summed E-state index contributed by atoms with van der Waals surface area (Å²) in [6.45, 7) is 4.86. The van der Waals surface area contributed by atoms with Crippen LogP contribution in [0.5, 0.6) is 5.75 Å². The Balaban J connectivity index is 2.88. The first-order valence-corrected chi connectivity index (χ1v) is 5.85. The van der Waals surface area contributed by atoms with Gasteiger partial charge in [0.05, 0.1) is 5.69 Å². The summed E-state index contributed by atoms with van der Waals surface area (Å²) in [5.41, 5.74) is -0.744. The molecule has 0 aliphatic rings. The van der Waals surface area contributed by atoms with E-state index in [1.54, 1.807) is 20.8 Å². The van der Waals surface area contributed by atoms with E-state index < -0.39 is 23.8 Å². The molecular weight excluding hydrogens is 291 g/mol. The van der Waals surface area contributed by atoms with E-state index in [4.69, 9.17) is 4.74 Å². The summed E-state index contributed by atoms with van der Waals surface area (Å²) < 4.78 is 44.7. The molecule has 0 spiro atoms. The predicted octanol–water partition coefficient (Wildman–Crippen LogP) is 3.48. The highest BCUT2D eigenvalue weighted by atomic mass is 19.4. The number of amides is 2. The Morgan fingerprint density at radius 2 is 1.67 bits per heavy atom. The van der Waals surface area contributed by atoms with Crippen molar-refractivity contribution in [2.45, 2.75) is 32.7 Å². The predicted molar refractivity (Wildman–Crippen MR) is 67.9 cm³/mol. The van der Waals surface area contributed by atoms with E-state index in [1.807, 2.05) is 0 Å². The van der Waals surface area contributed by atoms with Gasteiger partial charge < -0.3 is 9.47 Å². The lowest BCUT2D eigenvalue weighted by atomic mass is 10.2. The third-order valence-corrected chi connectivity index (χ3v) is 2.04. The van der Waals surface area contributed by atoms with Gasteiger partial charge in [-0.1, -0.05) is 0 Å². The minimum atomic E-state index is -4.81. The van der Waals surface area contributed by atoms with Gasteiger partial charge in [0, 0.05) is 0 Å². The zero-order valence-corrected chi connectivity index (χ0v) is 11.6. The molecule has 1 aromatic rings. The third kappa shape index (κ3) is 5.72. The molecule has 0 fully saturated rings. The maximum absolute atomic E-state index is 12.0. The first-order chi connectivity index (χ1) is 9.52. The van der Waals surface area contributed by atoms with Crippen molar-refractivity contribution in [1.29, 1.82) is 0 Å². The molecule has 0 heterocycles. The quantitative estimate of drug-likeness (QED) is 0.802. The number of nitrogens with zero attached hydrogens (tertiary/aromatic N) is 1. The van der Waals surface area contributed by atoms with Gasteiger partial charge in [-0.15, -0.1) is 13.2 Å². The lowest BCUT2D eigenvalue weighted by Crippen LogP contribution is -2.35. The summed E-state index contributed by atoms with van der Waals surface area (Å²) in [4.78, 5) is 23.4. The van der Waals surface area contributed by atoms with Crippen LogP contribution in [0.1, 0.15) is 20.8 Å². The molecule has 5 nitrogen and oxygen atoms in total. The Morgan fingerprint density at radius 1 is 1.14 bits per heavy atom. The Labute approximate surface area is 119 Å². The van der Waals surface area contributed by atoms with Crippen molar-refractivity contribution in [2.24, 2.45) is 0 Å². The van der Waals surface area contributed by atoms with E-state index in [0.717, 1.165) is 24.3 Å². The first-order valence-electron chi connectivity index (χ1n) is 5.85. The summed E-state index contributed by atoms with van der Waals surface area (Å²) in [5.74, 6) is -0.457. The highest BCUT2D eigenvalue weighted by Crippen LogP contribution is 2.25. The van der Waals surface area contributed by atoms with E-state index in [2.05, 4.69) is 4.74 Å². The van der Waals surface area contributed by atoms with Crippen molar-refractivity contribution in [2.75, 3.05) is 4.90 Å². The van der Waals surface area contributed by atoms with Crippen molar-refractivity contribution in [3.8, 4) is 5.75 Å². The summed E-state index contributed by atoms with van der Waals surface area (Å²) >= 11 is 0. The number of imide groups is 1. The van der Waals surface area contributed by atoms with Gasteiger partial charge >= 0.3 is 12.5 Å². The minimum absolute atomic E-state index is 0.0637. The Bertz CT molecular complexity index is 506. The summed E-state index contributed by atoms with van der Waals surface area (Å²) in [7, 11) is 0. The van der Waals surface area contributed by atoms with Gasteiger partial charge in [-0.05, 0) is 45.0 Å². The molecule has 0 aromatic heterocycles. The Morgan fingerprint density at radius 3 is 2.05 bits per heavy atom. The number of hydrogen-bond acceptors (Lipinski definition) is 4. The van der Waals surface area contributed by atoms with E-state index in [1.165, 1.54) is 0 Å². The number of ether oxygens (including phenoxy) is 2. The second kappa shape index (κ2) is 6.02. The van der Waals surface area contributed by atoms with Crippen LogP contribution in [-0.4, -0.2) is 24.5 Å². The second-order valence-corrected chi connectivity index (χ2v) is 5.00. The second-order valence-electron chi connectivity index (χ2n) is 5.00. The van der Waals surface area contributed by atoms with E-state index >= 15 is 0 Å². The molecule has 0 N–H and O–H groups in total. The van der Waals surface area contributed by atoms with E-state index in [0.29, 0.717) is 4.90 Å². The van der Waals surface area contributed by atoms with Gasteiger partial charge in [-0.3, -0.25) is 4.79 Å². The van der Waals surface area contributed by atoms with Crippen LogP contribution in [0, 0.1) is 0 Å². The van der Waals surface area contributed by atoms with Crippen LogP contribution in [0.25, 0.3) is 0 Å². The van der Waals surface area contributed by atoms with Crippen LogP contribution >= 0.6 is 0 Å². The average molecular weight is 305 g/mol. The number of hydrogen-bond donors (Lipinski definition) is 0. The molecule has 116 valence electrons. The number of carbonyl (C=O) groups excluding carboxylic acids is 2. The van der Waals surface area contributed by atoms with Gasteiger partial charge in [0.25, 0.3) is 0 Å². The van der Waals surface area contributed by atoms with Crippen molar-refractivity contribution >= 4 is 18.2 Å². The third-order valence-electron chi connectivity index (χ3n) is 2.04. The SMILES string of the molecule is CC(C)(C)OC(=O)N(C=O)c1ccc(OC(F)(F)F)cc1. The smallest absolute Gasteiger partial charge is 0.443 e. The van der Waals surface area contributed by atoms with Crippen LogP contribution < -0.4 is 9.64 Å². The highest BCUT2D eigenvalue weighted by molar-refractivity contribution is 6.03. The fraction of sp³-hybridized carbons (Fsp3) is 0.385. The maximum Gasteiger partial charge on any atom is 0.573 e. The molecule has 1 rings (SSSR count). The van der Waals surface area contributed by atoms with Gasteiger partial charge in [0.2, 0.25) is 6.41 Å². The maximum atomic E-state index is 12.0. The average Bonchev–Trinajstić information content (AvgIpc) is 2.28. The number of halogens is 3. The number of alkyl halides is 3. The molecule has 2 amide bonds. The van der Waals surface area contributed by atoms with Crippen LogP contribution in [-0.2, 0) is 9.53 Å². The fourth-order valence-electron chi connectivity index (χ4n) is 1.33. The molecule has 0 unspecified atom stereocenters. The monoisotopic (exact) mass is 305 g/mol. The van der Waals surface area contributed by atoms with Crippen molar-refractivity contribution in [3.05, 3.63) is 24.3 Å². The molecular formula is C13H14F3NO4. The number of anilines is 1. The lowest BCUT2D eigenvalue weighted by molar-refractivity contribution is -0.274. The zero-order chi connectivity index (χ0) is 16.3. The number of carbonyl (C=O) groups is 2. The van der Waals surface area contributed by atoms with E-state index in [-0.39, 0.29) is 12.1 Å². The van der Waals surface area contributed by atoms with Crippen molar-refractivity contribution < 1.29 is 32.2 Å². The molecule has 0 bridgehead atoms. The van der Waals surface area contributed by atoms with Crippen LogP contribution in [0.3, 0.4) is 0 Å². The first kappa shape index (κ1) is 16.8. The standard InChI is InChI=1S/C13H14F3NO4/c1-12(2,3)21-11(19)17(8-18)9-4-6-10(7-5-9)20-13(14,15)16/h4-8H,1-3H3. The van der Waals surface area contributed by atoms with Gasteiger partial charge in [0.1, 0.15) is 11.4 Å². The van der Waals surface area contributed by atoms with Gasteiger partial charge in [-0.2, -0.15) is 0 Å². The molecule has 0 atom stereocenters. The molecule has 0 aliphatic heterocycles. The molecule has 1 aromatic carbocycles. The highest BCUT2D eigenvalue weighted by Gasteiger charge is 2.31. The van der Waals surface area contributed by atoms with Crippen LogP contribution in [0.2, 0.25) is 0 Å². The van der Waals surface area contributed by atoms with Crippen molar-refractivity contribution in [3.63, 3.8) is 0 Å². The number of benzene rings is 1. The molecule has 0 saturated heterocycles. The lowest BCUT2D eigenvalue weighted by Gasteiger charge is -2.23. The summed E-state index contributed by atoms with van der Waals surface area (Å²) in [5, 5.41) is 0. The molecule has 0 radical (unpaired) electrons. The number of rotatable bonds is 3. The van der Waals surface area contributed by atoms with Gasteiger partial charge in [-0.25, -0.2) is 9.69 Å². The van der Waals surface area contributed by atoms with E-state index in [9.17, 15) is 22.8 Å².